The van der Waals surface area contributed by atoms with Gasteiger partial charge in [0.25, 0.3) is 5.91 Å². The number of rotatable bonds is 6. The number of hydrogen-bond acceptors (Lipinski definition) is 4. The predicted octanol–water partition coefficient (Wildman–Crippen LogP) is 3.27. The zero-order valence-electron chi connectivity index (χ0n) is 13.3. The zero-order valence-corrected chi connectivity index (χ0v) is 13.3. The molecule has 0 bridgehead atoms. The molecule has 1 heterocycles. The molecular formula is C17H22N4O. The van der Waals surface area contributed by atoms with Gasteiger partial charge in [-0.05, 0) is 31.5 Å². The van der Waals surface area contributed by atoms with E-state index in [1.54, 1.807) is 18.0 Å². The molecule has 116 valence electrons. The van der Waals surface area contributed by atoms with Gasteiger partial charge < -0.3 is 10.2 Å². The van der Waals surface area contributed by atoms with Gasteiger partial charge in [-0.25, -0.2) is 9.97 Å². The molecular weight excluding hydrogens is 276 g/mol. The Bertz CT molecular complexity index is 628. The molecule has 5 nitrogen and oxygen atoms in total. The maximum Gasteiger partial charge on any atom is 0.276 e. The summed E-state index contributed by atoms with van der Waals surface area (Å²) in [5.41, 5.74) is 2.01. The molecule has 0 radical (unpaired) electrons. The Kier molecular flexibility index (Phi) is 5.47. The van der Waals surface area contributed by atoms with Gasteiger partial charge in [0.1, 0.15) is 5.69 Å². The fourth-order valence-corrected chi connectivity index (χ4v) is 2.07. The Labute approximate surface area is 131 Å². The van der Waals surface area contributed by atoms with E-state index in [-0.39, 0.29) is 5.91 Å². The summed E-state index contributed by atoms with van der Waals surface area (Å²) < 4.78 is 0. The lowest BCUT2D eigenvalue weighted by Gasteiger charge is -2.17. The number of aryl methyl sites for hydroxylation is 1. The van der Waals surface area contributed by atoms with Crippen molar-refractivity contribution < 1.29 is 4.79 Å². The van der Waals surface area contributed by atoms with Crippen LogP contribution in [0.1, 0.15) is 35.9 Å². The van der Waals surface area contributed by atoms with Crippen molar-refractivity contribution in [2.24, 2.45) is 0 Å². The summed E-state index contributed by atoms with van der Waals surface area (Å²) in [7, 11) is 1.75. The molecule has 0 fully saturated rings. The topological polar surface area (TPSA) is 58.1 Å². The van der Waals surface area contributed by atoms with E-state index < -0.39 is 0 Å². The number of aromatic nitrogens is 2. The van der Waals surface area contributed by atoms with Crippen LogP contribution in [-0.2, 0) is 0 Å². The van der Waals surface area contributed by atoms with Crippen LogP contribution in [0.4, 0.5) is 11.6 Å². The van der Waals surface area contributed by atoms with Crippen molar-refractivity contribution in [3.05, 3.63) is 47.8 Å². The third-order valence-corrected chi connectivity index (χ3v) is 3.33. The van der Waals surface area contributed by atoms with Crippen LogP contribution >= 0.6 is 0 Å². The lowest BCUT2D eigenvalue weighted by molar-refractivity contribution is 0.0988. The largest absolute Gasteiger partial charge is 0.354 e. The van der Waals surface area contributed by atoms with Crippen LogP contribution in [0.25, 0.3) is 0 Å². The molecule has 2 aromatic rings. The van der Waals surface area contributed by atoms with E-state index in [0.717, 1.165) is 30.8 Å². The second-order valence-corrected chi connectivity index (χ2v) is 5.20. The van der Waals surface area contributed by atoms with E-state index in [1.165, 1.54) is 0 Å². The highest BCUT2D eigenvalue weighted by molar-refractivity contribution is 6.04. The minimum Gasteiger partial charge on any atom is -0.354 e. The van der Waals surface area contributed by atoms with E-state index >= 15 is 0 Å². The monoisotopic (exact) mass is 298 g/mol. The molecule has 0 aliphatic carbocycles. The molecule has 0 aliphatic rings. The van der Waals surface area contributed by atoms with Gasteiger partial charge in [-0.1, -0.05) is 31.5 Å². The average Bonchev–Trinajstić information content (AvgIpc) is 2.54. The smallest absolute Gasteiger partial charge is 0.276 e. The fraction of sp³-hybridized carbons (Fsp3) is 0.353. The Morgan fingerprint density at radius 2 is 1.95 bits per heavy atom. The molecule has 1 N–H and O–H groups in total. The molecule has 1 amide bonds. The molecule has 0 saturated carbocycles. The van der Waals surface area contributed by atoms with Gasteiger partial charge >= 0.3 is 0 Å². The SMILES string of the molecule is CCCCNc1nc(C)cc(C(=O)N(C)c2ccccc2)n1. The lowest BCUT2D eigenvalue weighted by Crippen LogP contribution is -2.27. The summed E-state index contributed by atoms with van der Waals surface area (Å²) in [5, 5.41) is 3.17. The second-order valence-electron chi connectivity index (χ2n) is 5.20. The van der Waals surface area contributed by atoms with Crippen molar-refractivity contribution in [3.8, 4) is 0 Å². The summed E-state index contributed by atoms with van der Waals surface area (Å²) in [6, 6.07) is 11.2. The van der Waals surface area contributed by atoms with Gasteiger partial charge in [-0.3, -0.25) is 4.79 Å². The van der Waals surface area contributed by atoms with E-state index in [2.05, 4.69) is 22.2 Å². The van der Waals surface area contributed by atoms with Crippen LogP contribution in [-0.4, -0.2) is 29.5 Å². The van der Waals surface area contributed by atoms with Gasteiger partial charge in [-0.15, -0.1) is 0 Å². The summed E-state index contributed by atoms with van der Waals surface area (Å²) in [6.07, 6.45) is 2.14. The first-order chi connectivity index (χ1) is 10.6. The molecule has 0 spiro atoms. The highest BCUT2D eigenvalue weighted by atomic mass is 16.2. The standard InChI is InChI=1S/C17H22N4O/c1-4-5-11-18-17-19-13(2)12-15(20-17)16(22)21(3)14-9-7-6-8-10-14/h6-10,12H,4-5,11H2,1-3H3,(H,18,19,20). The van der Waals surface area contributed by atoms with Crippen molar-refractivity contribution in [2.45, 2.75) is 26.7 Å². The molecule has 1 aromatic heterocycles. The third-order valence-electron chi connectivity index (χ3n) is 3.33. The van der Waals surface area contributed by atoms with Crippen molar-refractivity contribution in [3.63, 3.8) is 0 Å². The van der Waals surface area contributed by atoms with Gasteiger partial charge in [0.05, 0.1) is 0 Å². The van der Waals surface area contributed by atoms with Crippen LogP contribution < -0.4 is 10.2 Å². The first-order valence-corrected chi connectivity index (χ1v) is 7.54. The number of unbranched alkanes of at least 4 members (excludes halogenated alkanes) is 1. The van der Waals surface area contributed by atoms with Crippen LogP contribution in [0.5, 0.6) is 0 Å². The number of carbonyl (C=O) groups is 1. The zero-order chi connectivity index (χ0) is 15.9. The van der Waals surface area contributed by atoms with Crippen molar-refractivity contribution in [1.29, 1.82) is 0 Å². The molecule has 0 aliphatic heterocycles. The summed E-state index contributed by atoms with van der Waals surface area (Å²) in [5.74, 6) is 0.369. The van der Waals surface area contributed by atoms with E-state index in [9.17, 15) is 4.79 Å². The fourth-order valence-electron chi connectivity index (χ4n) is 2.07. The van der Waals surface area contributed by atoms with E-state index in [1.807, 2.05) is 37.3 Å². The number of nitrogens with zero attached hydrogens (tertiary/aromatic N) is 3. The highest BCUT2D eigenvalue weighted by Gasteiger charge is 2.16. The van der Waals surface area contributed by atoms with Gasteiger partial charge in [-0.2, -0.15) is 0 Å². The first kappa shape index (κ1) is 15.9. The molecule has 0 saturated heterocycles. The first-order valence-electron chi connectivity index (χ1n) is 7.54. The number of anilines is 2. The van der Waals surface area contributed by atoms with Crippen LogP contribution in [0.15, 0.2) is 36.4 Å². The number of amides is 1. The number of carbonyl (C=O) groups excluding carboxylic acids is 1. The summed E-state index contributed by atoms with van der Waals surface area (Å²) in [6.45, 7) is 4.80. The number of hydrogen-bond donors (Lipinski definition) is 1. The Morgan fingerprint density at radius 1 is 1.23 bits per heavy atom. The van der Waals surface area contributed by atoms with Gasteiger partial charge in [0.15, 0.2) is 0 Å². The summed E-state index contributed by atoms with van der Waals surface area (Å²) >= 11 is 0. The molecule has 2 rings (SSSR count). The average molecular weight is 298 g/mol. The van der Waals surface area contributed by atoms with Crippen molar-refractivity contribution in [2.75, 3.05) is 23.8 Å². The Hall–Kier alpha value is -2.43. The number of benzene rings is 1. The molecule has 5 heteroatoms. The van der Waals surface area contributed by atoms with Crippen LogP contribution in [0.3, 0.4) is 0 Å². The van der Waals surface area contributed by atoms with Crippen LogP contribution in [0, 0.1) is 6.92 Å². The molecule has 0 unspecified atom stereocenters. The molecule has 1 aromatic carbocycles. The van der Waals surface area contributed by atoms with E-state index in [4.69, 9.17) is 0 Å². The maximum absolute atomic E-state index is 12.6. The van der Waals surface area contributed by atoms with Crippen LogP contribution in [0.2, 0.25) is 0 Å². The third kappa shape index (κ3) is 4.04. The number of para-hydroxylation sites is 1. The lowest BCUT2D eigenvalue weighted by atomic mass is 10.2. The van der Waals surface area contributed by atoms with Gasteiger partial charge in [0, 0.05) is 25.0 Å². The second kappa shape index (κ2) is 7.54. The highest BCUT2D eigenvalue weighted by Crippen LogP contribution is 2.15. The van der Waals surface area contributed by atoms with Gasteiger partial charge in [0.2, 0.25) is 5.95 Å². The molecule has 0 atom stereocenters. The Balaban J connectivity index is 2.18. The normalized spacial score (nSPS) is 10.3. The molecule has 22 heavy (non-hydrogen) atoms. The minimum atomic E-state index is -0.143. The van der Waals surface area contributed by atoms with E-state index in [0.29, 0.717) is 11.6 Å². The minimum absolute atomic E-state index is 0.143. The number of nitrogens with one attached hydrogen (secondary N) is 1. The predicted molar refractivity (Wildman–Crippen MR) is 89.3 cm³/mol. The Morgan fingerprint density at radius 3 is 2.64 bits per heavy atom. The van der Waals surface area contributed by atoms with Crippen molar-refractivity contribution >= 4 is 17.5 Å². The van der Waals surface area contributed by atoms with Crippen molar-refractivity contribution in [1.82, 2.24) is 9.97 Å². The quantitative estimate of drug-likeness (QED) is 0.832. The summed E-state index contributed by atoms with van der Waals surface area (Å²) in [4.78, 5) is 22.8. The maximum atomic E-state index is 12.6.